The summed E-state index contributed by atoms with van der Waals surface area (Å²) in [4.78, 5) is 0. The maximum Gasteiger partial charge on any atom is 0.106 e. The van der Waals surface area contributed by atoms with Gasteiger partial charge in [-0.25, -0.2) is 0 Å². The molecule has 2 heteroatoms. The molecular formula is C11H12O2. The Balaban J connectivity index is 2.09. The molecule has 0 bridgehead atoms. The van der Waals surface area contributed by atoms with E-state index in [0.29, 0.717) is 12.8 Å². The minimum Gasteiger partial charge on any atom is -0.469 e. The van der Waals surface area contributed by atoms with Gasteiger partial charge in [0.1, 0.15) is 5.76 Å². The maximum absolute atomic E-state index is 10.0. The van der Waals surface area contributed by atoms with Crippen LogP contribution >= 0.6 is 0 Å². The van der Waals surface area contributed by atoms with E-state index in [-0.39, 0.29) is 0 Å². The first-order valence-corrected chi connectivity index (χ1v) is 4.38. The van der Waals surface area contributed by atoms with E-state index in [1.165, 1.54) is 0 Å². The van der Waals surface area contributed by atoms with E-state index in [2.05, 4.69) is 0 Å². The number of hydrogen-bond acceptors (Lipinski definition) is 2. The van der Waals surface area contributed by atoms with E-state index < -0.39 is 5.60 Å². The summed E-state index contributed by atoms with van der Waals surface area (Å²) >= 11 is 0. The van der Waals surface area contributed by atoms with Crippen LogP contribution in [0.25, 0.3) is 0 Å². The summed E-state index contributed by atoms with van der Waals surface area (Å²) in [7, 11) is 0. The van der Waals surface area contributed by atoms with Crippen LogP contribution in [-0.2, 0) is 6.42 Å². The average Bonchev–Trinajstić information content (AvgIpc) is 2.57. The van der Waals surface area contributed by atoms with E-state index in [1.807, 2.05) is 36.4 Å². The van der Waals surface area contributed by atoms with Gasteiger partial charge in [0.15, 0.2) is 0 Å². The van der Waals surface area contributed by atoms with E-state index in [4.69, 9.17) is 4.42 Å². The topological polar surface area (TPSA) is 33.4 Å². The molecule has 1 aromatic rings. The number of hydrogen-bond donors (Lipinski definition) is 1. The van der Waals surface area contributed by atoms with Gasteiger partial charge in [-0.1, -0.05) is 24.3 Å². The number of rotatable bonds is 2. The summed E-state index contributed by atoms with van der Waals surface area (Å²) in [5.41, 5.74) is -0.757. The van der Waals surface area contributed by atoms with Gasteiger partial charge in [0.2, 0.25) is 0 Å². The molecule has 2 rings (SSSR count). The van der Waals surface area contributed by atoms with Gasteiger partial charge in [0.05, 0.1) is 11.9 Å². The smallest absolute Gasteiger partial charge is 0.106 e. The standard InChI is InChI=1S/C11H12O2/c12-11(6-2-1-3-7-11)9-10-5-4-8-13-10/h1-6,8,12H,7,9H2. The van der Waals surface area contributed by atoms with Crippen molar-refractivity contribution < 1.29 is 9.52 Å². The molecule has 1 aliphatic carbocycles. The maximum atomic E-state index is 10.0. The Morgan fingerprint density at radius 1 is 1.46 bits per heavy atom. The van der Waals surface area contributed by atoms with Gasteiger partial charge >= 0.3 is 0 Å². The molecule has 1 N–H and O–H groups in total. The second kappa shape index (κ2) is 3.23. The van der Waals surface area contributed by atoms with E-state index >= 15 is 0 Å². The van der Waals surface area contributed by atoms with Crippen molar-refractivity contribution in [3.63, 3.8) is 0 Å². The Morgan fingerprint density at radius 3 is 3.00 bits per heavy atom. The second-order valence-electron chi connectivity index (χ2n) is 3.35. The highest BCUT2D eigenvalue weighted by atomic mass is 16.3. The first-order chi connectivity index (χ1) is 6.29. The Kier molecular flexibility index (Phi) is 2.07. The monoisotopic (exact) mass is 176 g/mol. The molecule has 0 spiro atoms. The van der Waals surface area contributed by atoms with E-state index in [1.54, 1.807) is 6.26 Å². The van der Waals surface area contributed by atoms with Crippen molar-refractivity contribution in [2.45, 2.75) is 18.4 Å². The zero-order valence-electron chi connectivity index (χ0n) is 7.31. The zero-order valence-corrected chi connectivity index (χ0v) is 7.31. The summed E-state index contributed by atoms with van der Waals surface area (Å²) < 4.78 is 5.18. The van der Waals surface area contributed by atoms with Crippen LogP contribution in [0, 0.1) is 0 Å². The van der Waals surface area contributed by atoms with Crippen LogP contribution in [0.5, 0.6) is 0 Å². The molecule has 1 heterocycles. The van der Waals surface area contributed by atoms with Crippen LogP contribution in [0.2, 0.25) is 0 Å². The third-order valence-electron chi connectivity index (χ3n) is 2.19. The van der Waals surface area contributed by atoms with Crippen molar-refractivity contribution in [3.8, 4) is 0 Å². The zero-order chi connectivity index (χ0) is 9.15. The quantitative estimate of drug-likeness (QED) is 0.748. The minimum absolute atomic E-state index is 0.542. The first kappa shape index (κ1) is 8.32. The Bertz CT molecular complexity index is 322. The van der Waals surface area contributed by atoms with Crippen LogP contribution in [0.3, 0.4) is 0 Å². The first-order valence-electron chi connectivity index (χ1n) is 4.38. The van der Waals surface area contributed by atoms with Crippen molar-refractivity contribution in [2.75, 3.05) is 0 Å². The van der Waals surface area contributed by atoms with Gasteiger partial charge in [-0.2, -0.15) is 0 Å². The van der Waals surface area contributed by atoms with Crippen molar-refractivity contribution in [3.05, 3.63) is 48.5 Å². The lowest BCUT2D eigenvalue weighted by Crippen LogP contribution is -2.28. The minimum atomic E-state index is -0.757. The summed E-state index contributed by atoms with van der Waals surface area (Å²) in [6, 6.07) is 3.71. The van der Waals surface area contributed by atoms with Crippen molar-refractivity contribution in [1.29, 1.82) is 0 Å². The summed E-state index contributed by atoms with van der Waals surface area (Å²) in [5, 5.41) is 10.0. The van der Waals surface area contributed by atoms with Gasteiger partial charge in [0.25, 0.3) is 0 Å². The molecule has 2 nitrogen and oxygen atoms in total. The number of allylic oxidation sites excluding steroid dienone is 2. The van der Waals surface area contributed by atoms with E-state index in [9.17, 15) is 5.11 Å². The number of furan rings is 1. The third kappa shape index (κ3) is 1.90. The molecule has 1 atom stereocenters. The fourth-order valence-electron chi connectivity index (χ4n) is 1.50. The second-order valence-corrected chi connectivity index (χ2v) is 3.35. The predicted molar refractivity (Wildman–Crippen MR) is 50.3 cm³/mol. The fourth-order valence-corrected chi connectivity index (χ4v) is 1.50. The Hall–Kier alpha value is -1.28. The molecule has 68 valence electrons. The lowest BCUT2D eigenvalue weighted by Gasteiger charge is -2.23. The molecular weight excluding hydrogens is 164 g/mol. The van der Waals surface area contributed by atoms with Crippen molar-refractivity contribution in [2.24, 2.45) is 0 Å². The van der Waals surface area contributed by atoms with Crippen LogP contribution in [0.15, 0.2) is 47.1 Å². The highest BCUT2D eigenvalue weighted by molar-refractivity contribution is 5.20. The molecule has 0 saturated heterocycles. The lowest BCUT2D eigenvalue weighted by molar-refractivity contribution is 0.0875. The number of aliphatic hydroxyl groups is 1. The molecule has 0 radical (unpaired) electrons. The molecule has 0 aliphatic heterocycles. The average molecular weight is 176 g/mol. The highest BCUT2D eigenvalue weighted by Crippen LogP contribution is 2.22. The fraction of sp³-hybridized carbons (Fsp3) is 0.273. The molecule has 0 amide bonds. The van der Waals surface area contributed by atoms with Gasteiger partial charge < -0.3 is 9.52 Å². The SMILES string of the molecule is OC1(Cc2ccco2)C=CC=CC1. The lowest BCUT2D eigenvalue weighted by atomic mass is 9.91. The summed E-state index contributed by atoms with van der Waals surface area (Å²) in [6.07, 6.45) is 10.4. The van der Waals surface area contributed by atoms with Crippen LogP contribution < -0.4 is 0 Å². The summed E-state index contributed by atoms with van der Waals surface area (Å²) in [6.45, 7) is 0. The van der Waals surface area contributed by atoms with Gasteiger partial charge in [-0.15, -0.1) is 0 Å². The van der Waals surface area contributed by atoms with Crippen LogP contribution in [0.1, 0.15) is 12.2 Å². The normalized spacial score (nSPS) is 26.5. The van der Waals surface area contributed by atoms with Crippen LogP contribution in [0.4, 0.5) is 0 Å². The van der Waals surface area contributed by atoms with Gasteiger partial charge in [0, 0.05) is 6.42 Å². The molecule has 1 unspecified atom stereocenters. The van der Waals surface area contributed by atoms with Gasteiger partial charge in [-0.05, 0) is 18.6 Å². The Morgan fingerprint density at radius 2 is 2.38 bits per heavy atom. The Labute approximate surface area is 77.2 Å². The van der Waals surface area contributed by atoms with Crippen molar-refractivity contribution in [1.82, 2.24) is 0 Å². The largest absolute Gasteiger partial charge is 0.469 e. The van der Waals surface area contributed by atoms with Crippen molar-refractivity contribution >= 4 is 0 Å². The molecule has 1 aliphatic rings. The summed E-state index contributed by atoms with van der Waals surface area (Å²) in [5.74, 6) is 0.822. The predicted octanol–water partition coefficient (Wildman–Crippen LogP) is 2.07. The molecule has 13 heavy (non-hydrogen) atoms. The molecule has 0 aromatic carbocycles. The highest BCUT2D eigenvalue weighted by Gasteiger charge is 2.24. The molecule has 0 saturated carbocycles. The third-order valence-corrected chi connectivity index (χ3v) is 2.19. The van der Waals surface area contributed by atoms with E-state index in [0.717, 1.165) is 5.76 Å². The van der Waals surface area contributed by atoms with Crippen LogP contribution in [-0.4, -0.2) is 10.7 Å². The molecule has 0 fully saturated rings. The van der Waals surface area contributed by atoms with Gasteiger partial charge in [-0.3, -0.25) is 0 Å². The molecule has 1 aromatic heterocycles.